The van der Waals surface area contributed by atoms with Crippen molar-refractivity contribution in [1.29, 1.82) is 0 Å². The summed E-state index contributed by atoms with van der Waals surface area (Å²) in [6.07, 6.45) is 1.85. The molecule has 3 aliphatic rings. The third-order valence-corrected chi connectivity index (χ3v) is 7.36. The average Bonchev–Trinajstić information content (AvgIpc) is 2.62. The van der Waals surface area contributed by atoms with Crippen molar-refractivity contribution in [3.05, 3.63) is 65.7 Å². The predicted molar refractivity (Wildman–Crippen MR) is 95.5 cm³/mol. The van der Waals surface area contributed by atoms with E-state index in [4.69, 9.17) is 0 Å². The van der Waals surface area contributed by atoms with Crippen LogP contribution in [0, 0.1) is 12.8 Å². The van der Waals surface area contributed by atoms with E-state index in [0.717, 1.165) is 24.0 Å². The summed E-state index contributed by atoms with van der Waals surface area (Å²) in [6.45, 7) is 1.94. The van der Waals surface area contributed by atoms with Crippen LogP contribution in [0.5, 0.6) is 0 Å². The quantitative estimate of drug-likeness (QED) is 0.847. The van der Waals surface area contributed by atoms with Gasteiger partial charge in [-0.25, -0.2) is 8.42 Å². The lowest BCUT2D eigenvalue weighted by Crippen LogP contribution is -2.56. The molecule has 0 unspecified atom stereocenters. The first-order valence-electron chi connectivity index (χ1n) is 8.66. The van der Waals surface area contributed by atoms with Gasteiger partial charge in [0.05, 0.1) is 10.9 Å². The van der Waals surface area contributed by atoms with Gasteiger partial charge in [0.15, 0.2) is 0 Å². The highest BCUT2D eigenvalue weighted by atomic mass is 32.2. The maximum absolute atomic E-state index is 13.4. The molecule has 3 atom stereocenters. The molecule has 5 rings (SSSR count). The maximum Gasteiger partial charge on any atom is 0.243 e. The molecule has 2 saturated heterocycles. The molecule has 2 bridgehead atoms. The van der Waals surface area contributed by atoms with Gasteiger partial charge in [-0.2, -0.15) is 4.31 Å². The molecule has 1 saturated carbocycles. The van der Waals surface area contributed by atoms with Crippen LogP contribution < -0.4 is 0 Å². The van der Waals surface area contributed by atoms with Crippen LogP contribution in [0.3, 0.4) is 0 Å². The normalized spacial score (nSPS) is 26.8. The van der Waals surface area contributed by atoms with Crippen molar-refractivity contribution >= 4 is 15.8 Å². The Balaban J connectivity index is 1.83. The lowest BCUT2D eigenvalue weighted by Gasteiger charge is -2.49. The van der Waals surface area contributed by atoms with E-state index in [1.54, 1.807) is 16.4 Å². The highest BCUT2D eigenvalue weighted by molar-refractivity contribution is 7.89. The van der Waals surface area contributed by atoms with Crippen molar-refractivity contribution in [3.63, 3.8) is 0 Å². The van der Waals surface area contributed by atoms with E-state index >= 15 is 0 Å². The number of rotatable bonds is 3. The fourth-order valence-corrected chi connectivity index (χ4v) is 6.04. The number of hydrogen-bond donors (Lipinski definition) is 0. The Kier molecular flexibility index (Phi) is 4.01. The number of hydrogen-bond acceptors (Lipinski definition) is 3. The molecule has 2 aliphatic heterocycles. The van der Waals surface area contributed by atoms with Crippen LogP contribution in [0.25, 0.3) is 0 Å². The molecular formula is C20H21NO3S. The van der Waals surface area contributed by atoms with E-state index < -0.39 is 16.1 Å². The predicted octanol–water partition coefficient (Wildman–Crippen LogP) is 3.48. The fourth-order valence-electron chi connectivity index (χ4n) is 4.18. The SMILES string of the molecule is Cc1ccc(S(=O)(=O)N2[C@H]3CC[C@H](C(=O)C3)[C@@H]2c2ccccc2)cc1. The summed E-state index contributed by atoms with van der Waals surface area (Å²) in [5.41, 5.74) is 1.93. The van der Waals surface area contributed by atoms with Gasteiger partial charge in [-0.05, 0) is 37.5 Å². The van der Waals surface area contributed by atoms with E-state index in [0.29, 0.717) is 11.3 Å². The van der Waals surface area contributed by atoms with E-state index in [1.165, 1.54) is 0 Å². The summed E-state index contributed by atoms with van der Waals surface area (Å²) in [7, 11) is -3.65. The molecule has 3 fully saturated rings. The summed E-state index contributed by atoms with van der Waals surface area (Å²) in [4.78, 5) is 12.8. The Morgan fingerprint density at radius 1 is 0.960 bits per heavy atom. The molecular weight excluding hydrogens is 334 g/mol. The van der Waals surface area contributed by atoms with Gasteiger partial charge in [-0.15, -0.1) is 0 Å². The molecule has 2 aromatic rings. The molecule has 25 heavy (non-hydrogen) atoms. The van der Waals surface area contributed by atoms with Crippen molar-refractivity contribution in [2.24, 2.45) is 5.92 Å². The van der Waals surface area contributed by atoms with Gasteiger partial charge in [-0.3, -0.25) is 4.79 Å². The van der Waals surface area contributed by atoms with Crippen LogP contribution in [0.4, 0.5) is 0 Å². The molecule has 0 radical (unpaired) electrons. The number of fused-ring (bicyclic) bond motifs is 3. The monoisotopic (exact) mass is 355 g/mol. The van der Waals surface area contributed by atoms with Gasteiger partial charge in [0, 0.05) is 18.4 Å². The van der Waals surface area contributed by atoms with E-state index in [-0.39, 0.29) is 17.7 Å². The van der Waals surface area contributed by atoms with Gasteiger partial charge in [0.2, 0.25) is 10.0 Å². The maximum atomic E-state index is 13.4. The Morgan fingerprint density at radius 3 is 2.28 bits per heavy atom. The fraction of sp³-hybridized carbons (Fsp3) is 0.350. The van der Waals surface area contributed by atoms with Crippen LogP contribution in [-0.2, 0) is 14.8 Å². The second-order valence-corrected chi connectivity index (χ2v) is 8.85. The Labute approximate surface area is 148 Å². The minimum absolute atomic E-state index is 0.195. The highest BCUT2D eigenvalue weighted by Crippen LogP contribution is 2.48. The average molecular weight is 355 g/mol. The lowest BCUT2D eigenvalue weighted by atomic mass is 9.73. The first-order valence-corrected chi connectivity index (χ1v) is 10.1. The molecule has 130 valence electrons. The molecule has 4 nitrogen and oxygen atoms in total. The summed E-state index contributed by atoms with van der Waals surface area (Å²) in [5, 5.41) is 0. The molecule has 5 heteroatoms. The highest BCUT2D eigenvalue weighted by Gasteiger charge is 2.52. The zero-order valence-electron chi connectivity index (χ0n) is 14.1. The molecule has 2 aromatic carbocycles. The molecule has 1 aliphatic carbocycles. The van der Waals surface area contributed by atoms with Crippen molar-refractivity contribution in [3.8, 4) is 0 Å². The zero-order chi connectivity index (χ0) is 17.6. The van der Waals surface area contributed by atoms with Crippen LogP contribution in [-0.4, -0.2) is 24.5 Å². The second kappa shape index (κ2) is 6.07. The Bertz CT molecular complexity index is 890. The van der Waals surface area contributed by atoms with Crippen LogP contribution in [0.1, 0.15) is 36.4 Å². The van der Waals surface area contributed by atoms with Gasteiger partial charge in [0.1, 0.15) is 5.78 Å². The van der Waals surface area contributed by atoms with Gasteiger partial charge in [0.25, 0.3) is 0 Å². The molecule has 0 aromatic heterocycles. The molecule has 2 heterocycles. The molecule has 0 amide bonds. The van der Waals surface area contributed by atoms with Crippen molar-refractivity contribution in [2.75, 3.05) is 0 Å². The summed E-state index contributed by atoms with van der Waals surface area (Å²) in [5.74, 6) is -0.0481. The number of aryl methyl sites for hydroxylation is 1. The standard InChI is InChI=1S/C20H21NO3S/c1-14-7-10-17(11-8-14)25(23,24)21-16-9-12-18(19(22)13-16)20(21)15-5-3-2-4-6-15/h2-8,10-11,16,18,20H,9,12-13H2,1H3/t16-,18+,20-/m0/s1. The minimum Gasteiger partial charge on any atom is -0.299 e. The van der Waals surface area contributed by atoms with Gasteiger partial charge in [-0.1, -0.05) is 48.0 Å². The minimum atomic E-state index is -3.65. The number of nitrogens with zero attached hydrogens (tertiary/aromatic N) is 1. The summed E-state index contributed by atoms with van der Waals surface area (Å²) in [6, 6.07) is 15.9. The van der Waals surface area contributed by atoms with Gasteiger partial charge < -0.3 is 0 Å². The smallest absolute Gasteiger partial charge is 0.243 e. The van der Waals surface area contributed by atoms with Gasteiger partial charge >= 0.3 is 0 Å². The summed E-state index contributed by atoms with van der Waals surface area (Å²) >= 11 is 0. The number of Topliss-reactive ketones (excluding diaryl/α,β-unsaturated/α-hetero) is 1. The van der Waals surface area contributed by atoms with Crippen LogP contribution in [0.15, 0.2) is 59.5 Å². The largest absolute Gasteiger partial charge is 0.299 e. The first kappa shape index (κ1) is 16.5. The van der Waals surface area contributed by atoms with Crippen molar-refractivity contribution in [2.45, 2.75) is 43.2 Å². The van der Waals surface area contributed by atoms with Crippen molar-refractivity contribution < 1.29 is 13.2 Å². The Hall–Kier alpha value is -1.98. The van der Waals surface area contributed by atoms with Crippen molar-refractivity contribution in [1.82, 2.24) is 4.31 Å². The van der Waals surface area contributed by atoms with E-state index in [1.807, 2.05) is 49.4 Å². The zero-order valence-corrected chi connectivity index (χ0v) is 14.9. The number of carbonyl (C=O) groups is 1. The number of ketones is 1. The van der Waals surface area contributed by atoms with E-state index in [2.05, 4.69) is 0 Å². The third kappa shape index (κ3) is 2.71. The summed E-state index contributed by atoms with van der Waals surface area (Å²) < 4.78 is 28.4. The number of piperidine rings is 2. The second-order valence-electron chi connectivity index (χ2n) is 7.01. The molecule has 0 N–H and O–H groups in total. The van der Waals surface area contributed by atoms with Crippen LogP contribution in [0.2, 0.25) is 0 Å². The Morgan fingerprint density at radius 2 is 1.64 bits per heavy atom. The molecule has 0 spiro atoms. The number of benzene rings is 2. The first-order chi connectivity index (χ1) is 12.0. The number of carbonyl (C=O) groups excluding carboxylic acids is 1. The lowest BCUT2D eigenvalue weighted by molar-refractivity contribution is -0.133. The van der Waals surface area contributed by atoms with Crippen LogP contribution >= 0.6 is 0 Å². The third-order valence-electron chi connectivity index (χ3n) is 5.41. The topological polar surface area (TPSA) is 54.5 Å². The van der Waals surface area contributed by atoms with E-state index in [9.17, 15) is 13.2 Å². The number of sulfonamides is 1.